The average Bonchev–Trinajstić information content (AvgIpc) is 2.80. The van der Waals surface area contributed by atoms with Crippen LogP contribution in [0.5, 0.6) is 0 Å². The molecule has 0 spiro atoms. The van der Waals surface area contributed by atoms with E-state index in [1.807, 2.05) is 44.2 Å². The molecule has 1 aromatic rings. The number of likely N-dealkylation sites (tertiary alicyclic amines) is 1. The Bertz CT molecular complexity index is 1010. The van der Waals surface area contributed by atoms with Crippen LogP contribution in [-0.4, -0.2) is 50.9 Å². The largest absolute Gasteiger partial charge is 0.460 e. The van der Waals surface area contributed by atoms with Gasteiger partial charge in [0.15, 0.2) is 13.7 Å². The molecule has 3 rings (SSSR count). The first-order valence-corrected chi connectivity index (χ1v) is 15.1. The van der Waals surface area contributed by atoms with Crippen LogP contribution in [0.1, 0.15) is 53.0 Å². The molecule has 2 aliphatic rings. The van der Waals surface area contributed by atoms with E-state index in [1.165, 1.54) is 7.11 Å². The van der Waals surface area contributed by atoms with Crippen molar-refractivity contribution in [1.82, 2.24) is 4.90 Å². The van der Waals surface area contributed by atoms with Crippen LogP contribution < -0.4 is 0 Å². The van der Waals surface area contributed by atoms with Crippen LogP contribution in [0.4, 0.5) is 4.79 Å². The van der Waals surface area contributed by atoms with Gasteiger partial charge in [-0.05, 0) is 50.4 Å². The molecule has 1 saturated heterocycles. The molecule has 0 N–H and O–H groups in total. The third kappa shape index (κ3) is 5.09. The fourth-order valence-electron chi connectivity index (χ4n) is 4.80. The first kappa shape index (κ1) is 27.1. The number of benzene rings is 1. The number of allylic oxidation sites excluding steroid dienone is 2. The number of imide groups is 1. The van der Waals surface area contributed by atoms with Gasteiger partial charge in [0, 0.05) is 5.92 Å². The number of nitrogens with zero attached hydrogens (tertiary/aromatic N) is 1. The fourth-order valence-corrected chi connectivity index (χ4v) is 6.15. The maximum atomic E-state index is 14.0. The number of hydrogen-bond donors (Lipinski definition) is 0. The van der Waals surface area contributed by atoms with Crippen LogP contribution in [-0.2, 0) is 30.1 Å². The van der Waals surface area contributed by atoms with E-state index in [0.29, 0.717) is 6.42 Å². The molecule has 7 nitrogen and oxygen atoms in total. The Labute approximate surface area is 209 Å². The Balaban J connectivity index is 2.08. The molecule has 0 aromatic heterocycles. The third-order valence-corrected chi connectivity index (χ3v) is 12.6. The number of carbonyl (C=O) groups excluding carboxylic acids is 3. The van der Waals surface area contributed by atoms with Crippen LogP contribution in [0.25, 0.3) is 0 Å². The Morgan fingerprint density at radius 2 is 1.74 bits per heavy atom. The molecule has 1 fully saturated rings. The second-order valence-electron chi connectivity index (χ2n) is 11.4. The van der Waals surface area contributed by atoms with Gasteiger partial charge in [-0.15, -0.1) is 0 Å². The minimum absolute atomic E-state index is 0.0507. The van der Waals surface area contributed by atoms with Crippen LogP contribution >= 0.6 is 0 Å². The molecule has 8 heteroatoms. The first-order chi connectivity index (χ1) is 16.2. The smallest absolute Gasteiger partial charge is 0.416 e. The Morgan fingerprint density at radius 1 is 1.11 bits per heavy atom. The summed E-state index contributed by atoms with van der Waals surface area (Å²) in [5.74, 6) is -1.60. The van der Waals surface area contributed by atoms with E-state index in [9.17, 15) is 14.4 Å². The second kappa shape index (κ2) is 9.89. The summed E-state index contributed by atoms with van der Waals surface area (Å²) in [5, 5.41) is -0.0868. The summed E-state index contributed by atoms with van der Waals surface area (Å²) in [7, 11) is -1.06. The minimum Gasteiger partial charge on any atom is -0.460 e. The van der Waals surface area contributed by atoms with E-state index in [-0.39, 0.29) is 24.6 Å². The lowest BCUT2D eigenvalue weighted by atomic mass is 9.60. The molecule has 1 heterocycles. The standard InChI is InChI=1S/C27H39NO6Si/c1-18-14-21-22(34-35(7,8)26(3,4)5)16-28(25(31)32-6)23(29)27(21,15-19(18)2)24(30)33-17-20-12-10-9-11-13-20/h9-13,21-22H,14-17H2,1-8H3/t21-,22-,27+/m1/s1. The molecule has 0 unspecified atom stereocenters. The lowest BCUT2D eigenvalue weighted by Crippen LogP contribution is -2.67. The highest BCUT2D eigenvalue weighted by atomic mass is 28.4. The monoisotopic (exact) mass is 501 g/mol. The van der Waals surface area contributed by atoms with E-state index in [1.54, 1.807) is 0 Å². The van der Waals surface area contributed by atoms with Gasteiger partial charge in [0.1, 0.15) is 6.61 Å². The number of rotatable bonds is 5. The quantitative estimate of drug-likeness (QED) is 0.231. The maximum absolute atomic E-state index is 14.0. The van der Waals surface area contributed by atoms with Crippen molar-refractivity contribution in [2.45, 2.75) is 78.3 Å². The number of methoxy groups -OCH3 is 1. The molecule has 0 bridgehead atoms. The van der Waals surface area contributed by atoms with Crippen molar-refractivity contribution < 1.29 is 28.3 Å². The van der Waals surface area contributed by atoms with Crippen molar-refractivity contribution in [3.8, 4) is 0 Å². The summed E-state index contributed by atoms with van der Waals surface area (Å²) >= 11 is 0. The number of esters is 1. The number of ether oxygens (including phenoxy) is 2. The molecule has 0 radical (unpaired) electrons. The van der Waals surface area contributed by atoms with Gasteiger partial charge in [0.2, 0.25) is 5.91 Å². The number of carbonyl (C=O) groups is 3. The van der Waals surface area contributed by atoms with Crippen LogP contribution in [0, 0.1) is 11.3 Å². The number of fused-ring (bicyclic) bond motifs is 1. The first-order valence-electron chi connectivity index (χ1n) is 12.2. The van der Waals surface area contributed by atoms with Crippen molar-refractivity contribution in [2.24, 2.45) is 11.3 Å². The molecule has 3 atom stereocenters. The topological polar surface area (TPSA) is 82.1 Å². The van der Waals surface area contributed by atoms with E-state index < -0.39 is 43.7 Å². The summed E-state index contributed by atoms with van der Waals surface area (Å²) in [4.78, 5) is 41.6. The molecular weight excluding hydrogens is 462 g/mol. The zero-order chi connectivity index (χ0) is 26.2. The molecule has 1 aliphatic carbocycles. The van der Waals surface area contributed by atoms with E-state index >= 15 is 0 Å². The predicted molar refractivity (Wildman–Crippen MR) is 136 cm³/mol. The fraction of sp³-hybridized carbons (Fsp3) is 0.593. The van der Waals surface area contributed by atoms with Crippen molar-refractivity contribution in [1.29, 1.82) is 0 Å². The van der Waals surface area contributed by atoms with E-state index in [0.717, 1.165) is 21.6 Å². The van der Waals surface area contributed by atoms with Crippen molar-refractivity contribution >= 4 is 26.3 Å². The van der Waals surface area contributed by atoms with Gasteiger partial charge in [-0.25, -0.2) is 9.69 Å². The SMILES string of the molecule is COC(=O)N1C[C@@H](O[Si](C)(C)C(C)(C)C)[C@H]2CC(C)=C(C)C[C@@]2(C(=O)OCc2ccccc2)C1=O. The number of hydrogen-bond acceptors (Lipinski definition) is 6. The Morgan fingerprint density at radius 3 is 2.31 bits per heavy atom. The van der Waals surface area contributed by atoms with E-state index in [2.05, 4.69) is 33.9 Å². The van der Waals surface area contributed by atoms with Gasteiger partial charge in [-0.1, -0.05) is 62.2 Å². The van der Waals surface area contributed by atoms with Crippen molar-refractivity contribution in [3.63, 3.8) is 0 Å². The molecule has 1 aromatic carbocycles. The predicted octanol–water partition coefficient (Wildman–Crippen LogP) is 5.46. The molecule has 0 saturated carbocycles. The molecular formula is C27H39NO6Si. The summed E-state index contributed by atoms with van der Waals surface area (Å²) < 4.78 is 17.5. The highest BCUT2D eigenvalue weighted by Gasteiger charge is 2.64. The zero-order valence-corrected chi connectivity index (χ0v) is 23.3. The lowest BCUT2D eigenvalue weighted by molar-refractivity contribution is -0.181. The van der Waals surface area contributed by atoms with Gasteiger partial charge >= 0.3 is 12.1 Å². The van der Waals surface area contributed by atoms with Crippen LogP contribution in [0.2, 0.25) is 18.1 Å². The summed E-state index contributed by atoms with van der Waals surface area (Å²) in [5.41, 5.74) is 1.39. The Kier molecular flexibility index (Phi) is 7.67. The normalized spacial score (nSPS) is 25.3. The van der Waals surface area contributed by atoms with Crippen molar-refractivity contribution in [3.05, 3.63) is 47.0 Å². The molecule has 1 aliphatic heterocycles. The lowest BCUT2D eigenvalue weighted by Gasteiger charge is -2.52. The van der Waals surface area contributed by atoms with Gasteiger partial charge in [-0.2, -0.15) is 0 Å². The van der Waals surface area contributed by atoms with Gasteiger partial charge in [-0.3, -0.25) is 9.59 Å². The van der Waals surface area contributed by atoms with Gasteiger partial charge < -0.3 is 13.9 Å². The maximum Gasteiger partial charge on any atom is 0.416 e. The Hall–Kier alpha value is -2.45. The number of amides is 2. The summed E-state index contributed by atoms with van der Waals surface area (Å²) in [6.07, 6.45) is -0.552. The second-order valence-corrected chi connectivity index (χ2v) is 16.1. The van der Waals surface area contributed by atoms with E-state index in [4.69, 9.17) is 13.9 Å². The van der Waals surface area contributed by atoms with Crippen LogP contribution in [0.3, 0.4) is 0 Å². The van der Waals surface area contributed by atoms with Gasteiger partial charge in [0.25, 0.3) is 0 Å². The highest BCUT2D eigenvalue weighted by Crippen LogP contribution is 2.52. The number of piperidine rings is 1. The third-order valence-electron chi connectivity index (χ3n) is 8.09. The average molecular weight is 502 g/mol. The van der Waals surface area contributed by atoms with Gasteiger partial charge in [0.05, 0.1) is 19.8 Å². The summed E-state index contributed by atoms with van der Waals surface area (Å²) in [6, 6.07) is 9.36. The molecule has 35 heavy (non-hydrogen) atoms. The minimum atomic E-state index is -2.30. The highest BCUT2D eigenvalue weighted by molar-refractivity contribution is 6.74. The molecule has 192 valence electrons. The molecule has 2 amide bonds. The van der Waals surface area contributed by atoms with Crippen molar-refractivity contribution in [2.75, 3.05) is 13.7 Å². The van der Waals surface area contributed by atoms with Crippen LogP contribution in [0.15, 0.2) is 41.5 Å². The summed E-state index contributed by atoms with van der Waals surface area (Å²) in [6.45, 7) is 14.8. The zero-order valence-electron chi connectivity index (χ0n) is 22.3.